The first-order valence-electron chi connectivity index (χ1n) is 17.8. The van der Waals surface area contributed by atoms with Crippen LogP contribution in [0.4, 0.5) is 17.1 Å². The van der Waals surface area contributed by atoms with Crippen molar-refractivity contribution in [2.45, 2.75) is 0 Å². The van der Waals surface area contributed by atoms with Crippen molar-refractivity contribution in [3.8, 4) is 33.8 Å². The highest BCUT2D eigenvalue weighted by Crippen LogP contribution is 2.53. The topological polar surface area (TPSA) is 42.2 Å². The zero-order valence-corrected chi connectivity index (χ0v) is 29.1. The minimum atomic E-state index is 0.665. The van der Waals surface area contributed by atoms with Gasteiger partial charge in [0.2, 0.25) is 0 Å². The lowest BCUT2D eigenvalue weighted by Gasteiger charge is -2.34. The Morgan fingerprint density at radius 1 is 0.509 bits per heavy atom. The van der Waals surface area contributed by atoms with Crippen molar-refractivity contribution in [1.29, 1.82) is 0 Å². The molecule has 0 N–H and O–H groups in total. The fraction of sp³-hybridized carbons (Fsp3) is 0. The highest BCUT2D eigenvalue weighted by atomic mass is 32.1. The van der Waals surface area contributed by atoms with Crippen LogP contribution in [-0.4, -0.2) is 9.97 Å². The standard InChI is InChI=1S/C48H27N3OS/c1-2-12-33-28(9-1)21-25-39-44(33)36-15-7-10-29-11-8-16-38(43(29)36)51(39)32-23-19-30(20-24-32)48-49-45(47-46(50-48)35-14-3-5-17-40(35)52-47)31-22-26-42-37(27-31)34-13-4-6-18-41(34)53-42/h1-27H. The van der Waals surface area contributed by atoms with Gasteiger partial charge in [-0.05, 0) is 88.5 Å². The summed E-state index contributed by atoms with van der Waals surface area (Å²) in [5.74, 6) is 0.665. The Balaban J connectivity index is 1.04. The lowest BCUT2D eigenvalue weighted by molar-refractivity contribution is 0.667. The van der Waals surface area contributed by atoms with E-state index in [0.29, 0.717) is 11.4 Å². The maximum atomic E-state index is 6.50. The van der Waals surface area contributed by atoms with Gasteiger partial charge in [-0.15, -0.1) is 11.3 Å². The number of rotatable bonds is 3. The fourth-order valence-electron chi connectivity index (χ4n) is 8.40. The molecule has 12 rings (SSSR count). The number of benzene rings is 8. The van der Waals surface area contributed by atoms with E-state index in [-0.39, 0.29) is 0 Å². The second kappa shape index (κ2) is 10.8. The number of fused-ring (bicyclic) bond motifs is 10. The van der Waals surface area contributed by atoms with Gasteiger partial charge >= 0.3 is 0 Å². The largest absolute Gasteiger partial charge is 0.452 e. The van der Waals surface area contributed by atoms with Gasteiger partial charge < -0.3 is 9.32 Å². The molecule has 1 aliphatic rings. The smallest absolute Gasteiger partial charge is 0.180 e. The predicted octanol–water partition coefficient (Wildman–Crippen LogP) is 13.8. The number of aromatic nitrogens is 2. The molecule has 0 fully saturated rings. The molecule has 1 aliphatic heterocycles. The summed E-state index contributed by atoms with van der Waals surface area (Å²) in [6.45, 7) is 0. The molecule has 0 radical (unpaired) electrons. The van der Waals surface area contributed by atoms with E-state index in [1.54, 1.807) is 0 Å². The Labute approximate surface area is 307 Å². The predicted molar refractivity (Wildman–Crippen MR) is 222 cm³/mol. The van der Waals surface area contributed by atoms with Crippen molar-refractivity contribution in [2.75, 3.05) is 4.90 Å². The molecule has 4 heterocycles. The lowest BCUT2D eigenvalue weighted by Crippen LogP contribution is -2.15. The van der Waals surface area contributed by atoms with E-state index >= 15 is 0 Å². The molecule has 0 aliphatic carbocycles. The number of nitrogens with zero attached hydrogens (tertiary/aromatic N) is 3. The average molecular weight is 694 g/mol. The Kier molecular flexibility index (Phi) is 5.90. The second-order valence-corrected chi connectivity index (χ2v) is 14.8. The number of anilines is 3. The molecule has 4 nitrogen and oxygen atoms in total. The summed E-state index contributed by atoms with van der Waals surface area (Å²) in [7, 11) is 0. The lowest BCUT2D eigenvalue weighted by atomic mass is 9.87. The summed E-state index contributed by atoms with van der Waals surface area (Å²) in [5.41, 5.74) is 11.0. The quantitative estimate of drug-likeness (QED) is 0.185. The molecular formula is C48H27N3OS. The van der Waals surface area contributed by atoms with Crippen molar-refractivity contribution >= 4 is 92.2 Å². The normalized spacial score (nSPS) is 12.5. The van der Waals surface area contributed by atoms with Gasteiger partial charge in [0.1, 0.15) is 16.8 Å². The summed E-state index contributed by atoms with van der Waals surface area (Å²) in [4.78, 5) is 12.8. The van der Waals surface area contributed by atoms with Crippen molar-refractivity contribution in [3.05, 3.63) is 164 Å². The first-order valence-corrected chi connectivity index (χ1v) is 18.6. The van der Waals surface area contributed by atoms with E-state index in [2.05, 4.69) is 150 Å². The second-order valence-electron chi connectivity index (χ2n) is 13.7. The van der Waals surface area contributed by atoms with Crippen LogP contribution in [0, 0.1) is 0 Å². The molecular weight excluding hydrogens is 667 g/mol. The first kappa shape index (κ1) is 28.8. The summed E-state index contributed by atoms with van der Waals surface area (Å²) in [6.07, 6.45) is 0. The Hall–Kier alpha value is -6.82. The van der Waals surface area contributed by atoms with Crippen LogP contribution in [-0.2, 0) is 0 Å². The van der Waals surface area contributed by atoms with Gasteiger partial charge in [0, 0.05) is 53.3 Å². The zero-order chi connectivity index (χ0) is 34.6. The fourth-order valence-corrected chi connectivity index (χ4v) is 9.49. The molecule has 0 bridgehead atoms. The number of furan rings is 1. The molecule has 5 heteroatoms. The van der Waals surface area contributed by atoms with E-state index < -0.39 is 0 Å². The highest BCUT2D eigenvalue weighted by molar-refractivity contribution is 7.25. The van der Waals surface area contributed by atoms with Gasteiger partial charge in [-0.2, -0.15) is 0 Å². The van der Waals surface area contributed by atoms with Crippen LogP contribution in [0.5, 0.6) is 0 Å². The number of hydrogen-bond donors (Lipinski definition) is 0. The van der Waals surface area contributed by atoms with Crippen LogP contribution >= 0.6 is 11.3 Å². The van der Waals surface area contributed by atoms with E-state index in [1.165, 1.54) is 64.2 Å². The Morgan fingerprint density at radius 3 is 2.15 bits per heavy atom. The maximum absolute atomic E-state index is 6.50. The molecule has 53 heavy (non-hydrogen) atoms. The molecule has 0 unspecified atom stereocenters. The third-order valence-corrected chi connectivity index (χ3v) is 11.9. The molecule has 0 spiro atoms. The molecule has 0 saturated heterocycles. The third kappa shape index (κ3) is 4.17. The van der Waals surface area contributed by atoms with Gasteiger partial charge in [-0.1, -0.05) is 97.1 Å². The molecule has 0 atom stereocenters. The van der Waals surface area contributed by atoms with Gasteiger partial charge in [-0.3, -0.25) is 0 Å². The van der Waals surface area contributed by atoms with Gasteiger partial charge in [0.15, 0.2) is 11.4 Å². The van der Waals surface area contributed by atoms with Crippen LogP contribution in [0.25, 0.3) is 97.6 Å². The van der Waals surface area contributed by atoms with Gasteiger partial charge in [-0.25, -0.2) is 9.97 Å². The summed E-state index contributed by atoms with van der Waals surface area (Å²) >= 11 is 1.82. The van der Waals surface area contributed by atoms with Crippen molar-refractivity contribution in [1.82, 2.24) is 9.97 Å². The molecule has 0 saturated carbocycles. The molecule has 11 aromatic rings. The van der Waals surface area contributed by atoms with Crippen LogP contribution in [0.3, 0.4) is 0 Å². The van der Waals surface area contributed by atoms with E-state index in [1.807, 2.05) is 29.5 Å². The zero-order valence-electron chi connectivity index (χ0n) is 28.2. The third-order valence-electron chi connectivity index (χ3n) is 10.8. The van der Waals surface area contributed by atoms with Crippen molar-refractivity contribution < 1.29 is 4.42 Å². The summed E-state index contributed by atoms with van der Waals surface area (Å²) in [5, 5.41) is 8.45. The van der Waals surface area contributed by atoms with Gasteiger partial charge in [0.05, 0.1) is 11.4 Å². The number of hydrogen-bond acceptors (Lipinski definition) is 5. The maximum Gasteiger partial charge on any atom is 0.180 e. The molecule has 8 aromatic carbocycles. The van der Waals surface area contributed by atoms with Crippen molar-refractivity contribution in [3.63, 3.8) is 0 Å². The molecule has 3 aromatic heterocycles. The summed E-state index contributed by atoms with van der Waals surface area (Å²) < 4.78 is 9.03. The van der Waals surface area contributed by atoms with Crippen LogP contribution in [0.1, 0.15) is 0 Å². The van der Waals surface area contributed by atoms with E-state index in [0.717, 1.165) is 39.0 Å². The average Bonchev–Trinajstić information content (AvgIpc) is 3.79. The molecule has 0 amide bonds. The van der Waals surface area contributed by atoms with E-state index in [9.17, 15) is 0 Å². The Bertz CT molecular complexity index is 3300. The number of para-hydroxylation sites is 1. The SMILES string of the molecule is c1ccc2c3c(ccc2c1)N(c1ccc(-c2nc(-c4ccc5sc6ccccc6c5c4)c4oc5ccccc5c4n2)cc1)c1cccc2cccc-3c12. The number of thiophene rings is 1. The van der Waals surface area contributed by atoms with Gasteiger partial charge in [0.25, 0.3) is 0 Å². The van der Waals surface area contributed by atoms with Crippen molar-refractivity contribution in [2.24, 2.45) is 0 Å². The van der Waals surface area contributed by atoms with E-state index in [4.69, 9.17) is 14.4 Å². The minimum Gasteiger partial charge on any atom is -0.452 e. The van der Waals surface area contributed by atoms with Crippen LogP contribution < -0.4 is 4.90 Å². The monoisotopic (exact) mass is 693 g/mol. The van der Waals surface area contributed by atoms with Crippen LogP contribution in [0.2, 0.25) is 0 Å². The molecule has 246 valence electrons. The highest BCUT2D eigenvalue weighted by Gasteiger charge is 2.27. The Morgan fingerprint density at radius 2 is 1.25 bits per heavy atom. The van der Waals surface area contributed by atoms with Crippen LogP contribution in [0.15, 0.2) is 168 Å². The first-order chi connectivity index (χ1) is 26.3. The summed E-state index contributed by atoms with van der Waals surface area (Å²) in [6, 6.07) is 58.5. The minimum absolute atomic E-state index is 0.665.